The Kier molecular flexibility index (Phi) is 3.35. The number of phenolic OH excluding ortho intramolecular Hbond substituents is 1. The fourth-order valence-corrected chi connectivity index (χ4v) is 4.42. The van der Waals surface area contributed by atoms with E-state index in [1.54, 1.807) is 12.1 Å². The maximum Gasteiger partial charge on any atom is 0.341 e. The summed E-state index contributed by atoms with van der Waals surface area (Å²) in [7, 11) is 0. The summed E-state index contributed by atoms with van der Waals surface area (Å²) in [6.45, 7) is 9.75. The molecule has 0 saturated heterocycles. The SMILES string of the molecule is CC(C)c1cc2c(cc1O)C1(C)CCCC(C)(C)C1(O)OC2=O. The van der Waals surface area contributed by atoms with Gasteiger partial charge in [-0.3, -0.25) is 0 Å². The van der Waals surface area contributed by atoms with Gasteiger partial charge in [-0.05, 0) is 48.9 Å². The summed E-state index contributed by atoms with van der Waals surface area (Å²) in [5, 5.41) is 21.7. The van der Waals surface area contributed by atoms with Gasteiger partial charge in [0.2, 0.25) is 5.79 Å². The molecular weight excluding hydrogens is 292 g/mol. The minimum atomic E-state index is -1.56. The zero-order chi connectivity index (χ0) is 17.2. The molecule has 1 aliphatic heterocycles. The molecule has 0 spiro atoms. The topological polar surface area (TPSA) is 66.8 Å². The number of benzene rings is 1. The van der Waals surface area contributed by atoms with Crippen LogP contribution in [-0.2, 0) is 10.2 Å². The molecular formula is C19H26O4. The minimum Gasteiger partial charge on any atom is -0.508 e. The van der Waals surface area contributed by atoms with Crippen LogP contribution in [0.3, 0.4) is 0 Å². The van der Waals surface area contributed by atoms with Crippen molar-refractivity contribution in [2.24, 2.45) is 5.41 Å². The van der Waals surface area contributed by atoms with Gasteiger partial charge in [0.05, 0.1) is 11.0 Å². The molecule has 0 aromatic heterocycles. The number of rotatable bonds is 1. The number of ether oxygens (including phenoxy) is 1. The lowest BCUT2D eigenvalue weighted by molar-refractivity contribution is -0.292. The van der Waals surface area contributed by atoms with Gasteiger partial charge in [0.1, 0.15) is 5.75 Å². The first-order chi connectivity index (χ1) is 10.5. The number of fused-ring (bicyclic) bond motifs is 3. The van der Waals surface area contributed by atoms with Crippen LogP contribution in [0, 0.1) is 5.41 Å². The van der Waals surface area contributed by atoms with Crippen molar-refractivity contribution in [2.75, 3.05) is 0 Å². The van der Waals surface area contributed by atoms with E-state index in [0.29, 0.717) is 17.5 Å². The smallest absolute Gasteiger partial charge is 0.341 e. The Hall–Kier alpha value is -1.55. The molecule has 1 heterocycles. The van der Waals surface area contributed by atoms with Crippen LogP contribution in [0.4, 0.5) is 0 Å². The number of hydrogen-bond acceptors (Lipinski definition) is 4. The summed E-state index contributed by atoms with van der Waals surface area (Å²) in [4.78, 5) is 12.6. The lowest BCUT2D eigenvalue weighted by Crippen LogP contribution is -2.66. The van der Waals surface area contributed by atoms with Gasteiger partial charge in [-0.1, -0.05) is 34.1 Å². The summed E-state index contributed by atoms with van der Waals surface area (Å²) in [6.07, 6.45) is 2.45. The van der Waals surface area contributed by atoms with Crippen LogP contribution >= 0.6 is 0 Å². The average Bonchev–Trinajstić information content (AvgIpc) is 2.43. The fourth-order valence-electron chi connectivity index (χ4n) is 4.42. The number of esters is 1. The highest BCUT2D eigenvalue weighted by atomic mass is 16.7. The van der Waals surface area contributed by atoms with E-state index in [-0.39, 0.29) is 11.7 Å². The van der Waals surface area contributed by atoms with Crippen LogP contribution in [0.1, 0.15) is 81.3 Å². The van der Waals surface area contributed by atoms with Gasteiger partial charge < -0.3 is 14.9 Å². The Morgan fingerprint density at radius 2 is 1.83 bits per heavy atom. The van der Waals surface area contributed by atoms with E-state index in [1.165, 1.54) is 0 Å². The normalized spacial score (nSPS) is 32.2. The van der Waals surface area contributed by atoms with Crippen molar-refractivity contribution in [3.8, 4) is 5.75 Å². The van der Waals surface area contributed by atoms with E-state index in [9.17, 15) is 15.0 Å². The number of hydrogen-bond donors (Lipinski definition) is 2. The largest absolute Gasteiger partial charge is 0.508 e. The van der Waals surface area contributed by atoms with E-state index < -0.39 is 22.6 Å². The lowest BCUT2D eigenvalue weighted by Gasteiger charge is -2.58. The molecule has 1 aromatic rings. The molecule has 23 heavy (non-hydrogen) atoms. The standard InChI is InChI=1S/C19H26O4/c1-11(2)12-9-13-14(10-15(12)20)18(5)8-6-7-17(3,4)19(18,22)23-16(13)21/h9-11,20,22H,6-8H2,1-5H3. The van der Waals surface area contributed by atoms with E-state index in [1.807, 2.05) is 34.6 Å². The Balaban J connectivity index is 2.27. The number of aliphatic hydroxyl groups is 1. The molecule has 1 aliphatic carbocycles. The quantitative estimate of drug-likeness (QED) is 0.772. The molecule has 4 nitrogen and oxygen atoms in total. The number of carbonyl (C=O) groups excluding carboxylic acids is 1. The summed E-state index contributed by atoms with van der Waals surface area (Å²) in [6, 6.07) is 3.39. The highest BCUT2D eigenvalue weighted by molar-refractivity contribution is 5.94. The summed E-state index contributed by atoms with van der Waals surface area (Å²) in [5.74, 6) is -1.78. The molecule has 2 aliphatic rings. The number of phenols is 1. The van der Waals surface area contributed by atoms with Crippen molar-refractivity contribution in [2.45, 2.75) is 71.0 Å². The van der Waals surface area contributed by atoms with Crippen LogP contribution in [0.5, 0.6) is 5.75 Å². The van der Waals surface area contributed by atoms with E-state index in [2.05, 4.69) is 0 Å². The lowest BCUT2D eigenvalue weighted by atomic mass is 9.55. The summed E-state index contributed by atoms with van der Waals surface area (Å²) in [5.41, 5.74) is 0.636. The van der Waals surface area contributed by atoms with Crippen LogP contribution in [0.2, 0.25) is 0 Å². The highest BCUT2D eigenvalue weighted by Crippen LogP contribution is 2.59. The van der Waals surface area contributed by atoms with Gasteiger partial charge >= 0.3 is 5.97 Å². The van der Waals surface area contributed by atoms with Crippen LogP contribution in [-0.4, -0.2) is 22.0 Å². The van der Waals surface area contributed by atoms with Crippen molar-refractivity contribution in [3.05, 3.63) is 28.8 Å². The summed E-state index contributed by atoms with van der Waals surface area (Å²) < 4.78 is 5.63. The second kappa shape index (κ2) is 4.73. The maximum atomic E-state index is 12.6. The van der Waals surface area contributed by atoms with Crippen LogP contribution in [0.25, 0.3) is 0 Å². The highest BCUT2D eigenvalue weighted by Gasteiger charge is 2.65. The van der Waals surface area contributed by atoms with E-state index in [0.717, 1.165) is 18.4 Å². The molecule has 1 aromatic carbocycles. The zero-order valence-corrected chi connectivity index (χ0v) is 14.6. The number of carbonyl (C=O) groups is 1. The summed E-state index contributed by atoms with van der Waals surface area (Å²) >= 11 is 0. The molecule has 0 bridgehead atoms. The molecule has 0 radical (unpaired) electrons. The van der Waals surface area contributed by atoms with Crippen molar-refractivity contribution in [3.63, 3.8) is 0 Å². The van der Waals surface area contributed by atoms with Gasteiger partial charge in [-0.15, -0.1) is 0 Å². The van der Waals surface area contributed by atoms with Gasteiger partial charge in [0.15, 0.2) is 0 Å². The third-order valence-electron chi connectivity index (χ3n) is 5.99. The van der Waals surface area contributed by atoms with Gasteiger partial charge in [-0.2, -0.15) is 0 Å². The number of aromatic hydroxyl groups is 1. The van der Waals surface area contributed by atoms with Gasteiger partial charge in [-0.25, -0.2) is 4.79 Å². The Morgan fingerprint density at radius 1 is 1.17 bits per heavy atom. The molecule has 1 fully saturated rings. The predicted octanol–water partition coefficient (Wildman–Crippen LogP) is 3.84. The van der Waals surface area contributed by atoms with E-state index in [4.69, 9.17) is 4.74 Å². The second-order valence-electron chi connectivity index (χ2n) is 8.21. The molecule has 1 saturated carbocycles. The van der Waals surface area contributed by atoms with Crippen molar-refractivity contribution in [1.82, 2.24) is 0 Å². The molecule has 3 rings (SSSR count). The van der Waals surface area contributed by atoms with Crippen molar-refractivity contribution >= 4 is 5.97 Å². The predicted molar refractivity (Wildman–Crippen MR) is 87.5 cm³/mol. The second-order valence-corrected chi connectivity index (χ2v) is 8.21. The maximum absolute atomic E-state index is 12.6. The Bertz CT molecular complexity index is 676. The first kappa shape index (κ1) is 16.3. The molecule has 0 amide bonds. The van der Waals surface area contributed by atoms with Crippen molar-refractivity contribution in [1.29, 1.82) is 0 Å². The first-order valence-corrected chi connectivity index (χ1v) is 8.36. The van der Waals surface area contributed by atoms with Gasteiger partial charge in [0, 0.05) is 5.41 Å². The van der Waals surface area contributed by atoms with Crippen LogP contribution in [0.15, 0.2) is 12.1 Å². The fraction of sp³-hybridized carbons (Fsp3) is 0.632. The minimum absolute atomic E-state index is 0.101. The Morgan fingerprint density at radius 3 is 2.43 bits per heavy atom. The molecule has 2 unspecified atom stereocenters. The molecule has 126 valence electrons. The molecule has 2 N–H and O–H groups in total. The zero-order valence-electron chi connectivity index (χ0n) is 14.6. The van der Waals surface area contributed by atoms with Gasteiger partial charge in [0.25, 0.3) is 0 Å². The van der Waals surface area contributed by atoms with Crippen molar-refractivity contribution < 1.29 is 19.7 Å². The first-order valence-electron chi connectivity index (χ1n) is 8.36. The molecule has 4 heteroatoms. The third-order valence-corrected chi connectivity index (χ3v) is 5.99. The monoisotopic (exact) mass is 318 g/mol. The third kappa shape index (κ3) is 1.97. The molecule has 2 atom stereocenters. The average molecular weight is 318 g/mol. The van der Waals surface area contributed by atoms with E-state index >= 15 is 0 Å². The Labute approximate surface area is 137 Å². The van der Waals surface area contributed by atoms with Crippen LogP contribution < -0.4 is 0 Å².